The van der Waals surface area contributed by atoms with E-state index in [0.717, 1.165) is 32.4 Å². The Balaban J connectivity index is 1.48. The smallest absolute Gasteiger partial charge is 0.317 e. The molecule has 1 saturated heterocycles. The third-order valence-electron chi connectivity index (χ3n) is 4.13. The third-order valence-corrected chi connectivity index (χ3v) is 4.13. The summed E-state index contributed by atoms with van der Waals surface area (Å²) in [5.74, 6) is 0. The topological polar surface area (TPSA) is 50.2 Å². The van der Waals surface area contributed by atoms with Gasteiger partial charge in [-0.25, -0.2) is 4.79 Å². The first-order chi connectivity index (χ1) is 10.8. The fourth-order valence-electron chi connectivity index (χ4n) is 2.98. The molecule has 1 aliphatic heterocycles. The van der Waals surface area contributed by atoms with Crippen LogP contribution in [0.1, 0.15) is 18.4 Å². The fourth-order valence-corrected chi connectivity index (χ4v) is 2.98. The second-order valence-electron chi connectivity index (χ2n) is 5.69. The predicted octanol–water partition coefficient (Wildman–Crippen LogP) is 2.30. The van der Waals surface area contributed by atoms with E-state index in [1.54, 1.807) is 6.20 Å². The Morgan fingerprint density at radius 2 is 2.14 bits per heavy atom. The van der Waals surface area contributed by atoms with Crippen molar-refractivity contribution >= 4 is 6.03 Å². The van der Waals surface area contributed by atoms with E-state index in [2.05, 4.69) is 22.5 Å². The molecule has 0 bridgehead atoms. The number of hydrogen-bond acceptors (Lipinski definition) is 2. The summed E-state index contributed by atoms with van der Waals surface area (Å²) >= 11 is 0. The van der Waals surface area contributed by atoms with Crippen LogP contribution in [-0.4, -0.2) is 39.8 Å². The highest BCUT2D eigenvalue weighted by Crippen LogP contribution is 2.18. The van der Waals surface area contributed by atoms with E-state index in [0.29, 0.717) is 6.54 Å². The first-order valence-corrected chi connectivity index (χ1v) is 7.89. The van der Waals surface area contributed by atoms with Crippen LogP contribution in [0.4, 0.5) is 4.79 Å². The molecule has 0 radical (unpaired) electrons. The summed E-state index contributed by atoms with van der Waals surface area (Å²) in [7, 11) is 0. The zero-order valence-electron chi connectivity index (χ0n) is 12.7. The molecule has 1 aromatic carbocycles. The van der Waals surface area contributed by atoms with Gasteiger partial charge in [-0.2, -0.15) is 5.10 Å². The third kappa shape index (κ3) is 3.67. The van der Waals surface area contributed by atoms with Crippen molar-refractivity contribution in [3.05, 3.63) is 54.4 Å². The van der Waals surface area contributed by atoms with Crippen molar-refractivity contribution in [3.63, 3.8) is 0 Å². The minimum absolute atomic E-state index is 0.0468. The van der Waals surface area contributed by atoms with Crippen molar-refractivity contribution in [3.8, 4) is 0 Å². The molecule has 0 spiro atoms. The molecule has 2 aromatic rings. The molecule has 1 aliphatic rings. The number of urea groups is 1. The van der Waals surface area contributed by atoms with Crippen LogP contribution in [0.3, 0.4) is 0 Å². The molecular formula is C17H22N4O. The Labute approximate surface area is 130 Å². The maximum Gasteiger partial charge on any atom is 0.317 e. The van der Waals surface area contributed by atoms with E-state index in [-0.39, 0.29) is 12.1 Å². The molecule has 0 saturated carbocycles. The number of nitrogens with one attached hydrogen (secondary N) is 1. The summed E-state index contributed by atoms with van der Waals surface area (Å²) in [6, 6.07) is 12.4. The molecule has 1 aromatic heterocycles. The molecule has 22 heavy (non-hydrogen) atoms. The van der Waals surface area contributed by atoms with Crippen LogP contribution in [0.25, 0.3) is 0 Å². The molecule has 2 heterocycles. The SMILES string of the molecule is O=C(NCCc1ccccc1)N1CCCC1Cn1cccn1. The van der Waals surface area contributed by atoms with Crippen LogP contribution in [0.15, 0.2) is 48.8 Å². The van der Waals surface area contributed by atoms with Gasteiger partial charge in [0.15, 0.2) is 0 Å². The van der Waals surface area contributed by atoms with Crippen molar-refractivity contribution in [2.75, 3.05) is 13.1 Å². The summed E-state index contributed by atoms with van der Waals surface area (Å²) < 4.78 is 1.90. The van der Waals surface area contributed by atoms with Gasteiger partial charge in [0.2, 0.25) is 0 Å². The summed E-state index contributed by atoms with van der Waals surface area (Å²) in [4.78, 5) is 14.3. The van der Waals surface area contributed by atoms with Gasteiger partial charge in [-0.15, -0.1) is 0 Å². The highest BCUT2D eigenvalue weighted by atomic mass is 16.2. The average Bonchev–Trinajstić information content (AvgIpc) is 3.20. The van der Waals surface area contributed by atoms with Gasteiger partial charge in [0, 0.05) is 25.5 Å². The summed E-state index contributed by atoms with van der Waals surface area (Å²) in [6.45, 7) is 2.29. The van der Waals surface area contributed by atoms with E-state index in [1.807, 2.05) is 40.0 Å². The van der Waals surface area contributed by atoms with Gasteiger partial charge < -0.3 is 10.2 Å². The molecule has 1 unspecified atom stereocenters. The molecular weight excluding hydrogens is 276 g/mol. The highest BCUT2D eigenvalue weighted by Gasteiger charge is 2.28. The molecule has 116 valence electrons. The van der Waals surface area contributed by atoms with Crippen LogP contribution < -0.4 is 5.32 Å². The zero-order chi connectivity index (χ0) is 15.2. The van der Waals surface area contributed by atoms with Crippen LogP contribution in [0.5, 0.6) is 0 Å². The van der Waals surface area contributed by atoms with Gasteiger partial charge >= 0.3 is 6.03 Å². The number of nitrogens with zero attached hydrogens (tertiary/aromatic N) is 3. The Morgan fingerprint density at radius 3 is 2.91 bits per heavy atom. The lowest BCUT2D eigenvalue weighted by Crippen LogP contribution is -2.44. The lowest BCUT2D eigenvalue weighted by Gasteiger charge is -2.25. The summed E-state index contributed by atoms with van der Waals surface area (Å²) in [5, 5.41) is 7.27. The molecule has 2 amide bonds. The van der Waals surface area contributed by atoms with Gasteiger partial charge in [0.25, 0.3) is 0 Å². The highest BCUT2D eigenvalue weighted by molar-refractivity contribution is 5.74. The first-order valence-electron chi connectivity index (χ1n) is 7.89. The molecule has 0 aliphatic carbocycles. The molecule has 1 N–H and O–H groups in total. The van der Waals surface area contributed by atoms with Crippen molar-refractivity contribution in [2.24, 2.45) is 0 Å². The summed E-state index contributed by atoms with van der Waals surface area (Å²) in [5.41, 5.74) is 1.25. The standard InChI is InChI=1S/C17H22N4O/c22-17(18-11-9-15-6-2-1-3-7-15)21-13-4-8-16(21)14-20-12-5-10-19-20/h1-3,5-7,10,12,16H,4,8-9,11,13-14H2,(H,18,22). The number of rotatable bonds is 5. The molecule has 5 nitrogen and oxygen atoms in total. The van der Waals surface area contributed by atoms with Gasteiger partial charge in [-0.05, 0) is 30.9 Å². The molecule has 1 fully saturated rings. The predicted molar refractivity (Wildman–Crippen MR) is 85.5 cm³/mol. The molecule has 5 heteroatoms. The van der Waals surface area contributed by atoms with Crippen LogP contribution in [-0.2, 0) is 13.0 Å². The second-order valence-corrected chi connectivity index (χ2v) is 5.69. The average molecular weight is 298 g/mol. The first kappa shape index (κ1) is 14.6. The monoisotopic (exact) mass is 298 g/mol. The van der Waals surface area contributed by atoms with Gasteiger partial charge in [0.05, 0.1) is 12.6 Å². The minimum atomic E-state index is 0.0468. The molecule has 3 rings (SSSR count). The van der Waals surface area contributed by atoms with Crippen molar-refractivity contribution in [2.45, 2.75) is 31.8 Å². The molecule has 1 atom stereocenters. The number of likely N-dealkylation sites (tertiary alicyclic amines) is 1. The van der Waals surface area contributed by atoms with E-state index < -0.39 is 0 Å². The minimum Gasteiger partial charge on any atom is -0.338 e. The van der Waals surface area contributed by atoms with Gasteiger partial charge in [-0.3, -0.25) is 4.68 Å². The van der Waals surface area contributed by atoms with Crippen molar-refractivity contribution in [1.29, 1.82) is 0 Å². The number of carbonyl (C=O) groups is 1. The quantitative estimate of drug-likeness (QED) is 0.921. The van der Waals surface area contributed by atoms with E-state index >= 15 is 0 Å². The van der Waals surface area contributed by atoms with Gasteiger partial charge in [-0.1, -0.05) is 30.3 Å². The number of amides is 2. The number of hydrogen-bond donors (Lipinski definition) is 1. The lowest BCUT2D eigenvalue weighted by molar-refractivity contribution is 0.186. The number of benzene rings is 1. The Bertz CT molecular complexity index is 582. The second kappa shape index (κ2) is 7.11. The Morgan fingerprint density at radius 1 is 1.27 bits per heavy atom. The van der Waals surface area contributed by atoms with E-state index in [1.165, 1.54) is 5.56 Å². The maximum absolute atomic E-state index is 12.4. The van der Waals surface area contributed by atoms with Gasteiger partial charge in [0.1, 0.15) is 0 Å². The normalized spacial score (nSPS) is 17.6. The lowest BCUT2D eigenvalue weighted by atomic mass is 10.1. The van der Waals surface area contributed by atoms with E-state index in [4.69, 9.17) is 0 Å². The van der Waals surface area contributed by atoms with Crippen LogP contribution in [0.2, 0.25) is 0 Å². The summed E-state index contributed by atoms with van der Waals surface area (Å²) in [6.07, 6.45) is 6.71. The Kier molecular flexibility index (Phi) is 4.73. The Hall–Kier alpha value is -2.30. The van der Waals surface area contributed by atoms with Crippen molar-refractivity contribution in [1.82, 2.24) is 20.0 Å². The fraction of sp³-hybridized carbons (Fsp3) is 0.412. The van der Waals surface area contributed by atoms with Crippen molar-refractivity contribution < 1.29 is 4.79 Å². The van der Waals surface area contributed by atoms with Crippen LogP contribution >= 0.6 is 0 Å². The maximum atomic E-state index is 12.4. The zero-order valence-corrected chi connectivity index (χ0v) is 12.7. The largest absolute Gasteiger partial charge is 0.338 e. The number of carbonyl (C=O) groups excluding carboxylic acids is 1. The number of aromatic nitrogens is 2. The van der Waals surface area contributed by atoms with Crippen LogP contribution in [0, 0.1) is 0 Å². The van der Waals surface area contributed by atoms with E-state index in [9.17, 15) is 4.79 Å².